The highest BCUT2D eigenvalue weighted by Gasteiger charge is 2.42. The van der Waals surface area contributed by atoms with E-state index < -0.39 is 0 Å². The molecule has 4 heterocycles. The molecule has 5 nitrogen and oxygen atoms in total. The maximum absolute atomic E-state index is 6.89. The Bertz CT molecular complexity index is 1390. The molecule has 0 aliphatic carbocycles. The molecule has 0 amide bonds. The number of hydrogen-bond acceptors (Lipinski definition) is 4. The summed E-state index contributed by atoms with van der Waals surface area (Å²) in [6, 6.07) is 26.0. The summed E-state index contributed by atoms with van der Waals surface area (Å²) < 4.78 is 6.45. The minimum absolute atomic E-state index is 0.175. The van der Waals surface area contributed by atoms with Gasteiger partial charge in [0.15, 0.2) is 5.11 Å². The molecule has 2 aromatic heterocycles. The number of nitrogens with one attached hydrogen (secondary N) is 1. The SMILES string of the molecule is CC1CCN(c2ccc(N3C(=S)N[C@@H](c4ccccn4)[C@H]3c3ccc(-c4ccccc4)o3)cc2Cl)CC1. The number of rotatable bonds is 5. The molecule has 1 N–H and O–H groups in total. The summed E-state index contributed by atoms with van der Waals surface area (Å²) in [6.45, 7) is 4.38. The van der Waals surface area contributed by atoms with Crippen molar-refractivity contribution in [2.75, 3.05) is 22.9 Å². The maximum atomic E-state index is 6.89. The van der Waals surface area contributed by atoms with E-state index in [1.54, 1.807) is 0 Å². The van der Waals surface area contributed by atoms with Gasteiger partial charge in [-0.25, -0.2) is 0 Å². The summed E-state index contributed by atoms with van der Waals surface area (Å²) in [5.74, 6) is 2.40. The van der Waals surface area contributed by atoms with Crippen LogP contribution in [-0.2, 0) is 0 Å². The highest BCUT2D eigenvalue weighted by Crippen LogP contribution is 2.44. The van der Waals surface area contributed by atoms with Crippen LogP contribution in [0.3, 0.4) is 0 Å². The van der Waals surface area contributed by atoms with Crippen molar-refractivity contribution in [1.82, 2.24) is 10.3 Å². The summed E-state index contributed by atoms with van der Waals surface area (Å²) in [4.78, 5) is 9.14. The maximum Gasteiger partial charge on any atom is 0.174 e. The first-order valence-corrected chi connectivity index (χ1v) is 13.6. The van der Waals surface area contributed by atoms with Crippen LogP contribution in [0.2, 0.25) is 5.02 Å². The number of nitrogens with zero attached hydrogens (tertiary/aromatic N) is 3. The monoisotopic (exact) mass is 528 g/mol. The first-order valence-electron chi connectivity index (χ1n) is 12.8. The van der Waals surface area contributed by atoms with E-state index in [-0.39, 0.29) is 12.1 Å². The van der Waals surface area contributed by atoms with Crippen LogP contribution in [0.5, 0.6) is 0 Å². The standard InChI is InChI=1S/C30H29ClN4OS/c1-20-14-17-34(18-15-20)25-11-10-22(19-23(25)31)35-29(28(33-30(35)37)24-9-5-6-16-32-24)27-13-12-26(36-27)21-7-3-2-4-8-21/h2-13,16,19-20,28-29H,14-15,17-18H2,1H3,(H,33,37)/t28-,29+/m0/s1. The Kier molecular flexibility index (Phi) is 6.61. The van der Waals surface area contributed by atoms with Gasteiger partial charge in [0.1, 0.15) is 17.6 Å². The predicted molar refractivity (Wildman–Crippen MR) is 154 cm³/mol. The minimum Gasteiger partial charge on any atom is -0.459 e. The highest BCUT2D eigenvalue weighted by atomic mass is 35.5. The van der Waals surface area contributed by atoms with Crippen LogP contribution >= 0.6 is 23.8 Å². The molecule has 0 bridgehead atoms. The molecule has 6 rings (SSSR count). The molecule has 2 saturated heterocycles. The number of thiocarbonyl (C=S) groups is 1. The third-order valence-electron chi connectivity index (χ3n) is 7.41. The van der Waals surface area contributed by atoms with E-state index in [1.807, 2.05) is 72.9 Å². The van der Waals surface area contributed by atoms with Crippen LogP contribution in [0.1, 0.15) is 43.3 Å². The molecule has 37 heavy (non-hydrogen) atoms. The van der Waals surface area contributed by atoms with Crippen molar-refractivity contribution in [2.45, 2.75) is 31.8 Å². The molecule has 2 aliphatic rings. The lowest BCUT2D eigenvalue weighted by Crippen LogP contribution is -2.33. The summed E-state index contributed by atoms with van der Waals surface area (Å²) in [7, 11) is 0. The zero-order valence-corrected chi connectivity index (χ0v) is 22.3. The van der Waals surface area contributed by atoms with Crippen LogP contribution < -0.4 is 15.1 Å². The van der Waals surface area contributed by atoms with Gasteiger partial charge in [-0.3, -0.25) is 4.98 Å². The van der Waals surface area contributed by atoms with Gasteiger partial charge in [-0.1, -0.05) is 54.9 Å². The fourth-order valence-electron chi connectivity index (χ4n) is 5.34. The molecule has 2 atom stereocenters. The van der Waals surface area contributed by atoms with E-state index in [4.69, 9.17) is 28.2 Å². The molecule has 188 valence electrons. The molecule has 0 unspecified atom stereocenters. The number of pyridine rings is 1. The Labute approximate surface area is 228 Å². The largest absolute Gasteiger partial charge is 0.459 e. The average Bonchev–Trinajstić information content (AvgIpc) is 3.55. The Morgan fingerprint density at radius 2 is 1.76 bits per heavy atom. The van der Waals surface area contributed by atoms with Crippen molar-refractivity contribution in [2.24, 2.45) is 5.92 Å². The number of benzene rings is 2. The normalized spacial score (nSPS) is 20.3. The van der Waals surface area contributed by atoms with Gasteiger partial charge in [0, 0.05) is 30.5 Å². The van der Waals surface area contributed by atoms with E-state index in [1.165, 1.54) is 12.8 Å². The third-order valence-corrected chi connectivity index (χ3v) is 8.03. The second-order valence-corrected chi connectivity index (χ2v) is 10.7. The zero-order chi connectivity index (χ0) is 25.4. The van der Waals surface area contributed by atoms with Crippen molar-refractivity contribution in [3.63, 3.8) is 0 Å². The molecule has 0 spiro atoms. The Balaban J connectivity index is 1.38. The lowest BCUT2D eigenvalue weighted by Gasteiger charge is -2.33. The van der Waals surface area contributed by atoms with Gasteiger partial charge < -0.3 is 19.5 Å². The van der Waals surface area contributed by atoms with Gasteiger partial charge >= 0.3 is 0 Å². The van der Waals surface area contributed by atoms with E-state index in [0.717, 1.165) is 58.2 Å². The highest BCUT2D eigenvalue weighted by molar-refractivity contribution is 7.80. The summed E-state index contributed by atoms with van der Waals surface area (Å²) >= 11 is 12.8. The van der Waals surface area contributed by atoms with E-state index in [0.29, 0.717) is 5.11 Å². The summed E-state index contributed by atoms with van der Waals surface area (Å²) in [6.07, 6.45) is 4.19. The number of hydrogen-bond donors (Lipinski definition) is 1. The number of aromatic nitrogens is 1. The molecular weight excluding hydrogens is 500 g/mol. The minimum atomic E-state index is -0.224. The topological polar surface area (TPSA) is 44.5 Å². The van der Waals surface area contributed by atoms with Crippen LogP contribution in [0.4, 0.5) is 11.4 Å². The first-order chi connectivity index (χ1) is 18.1. The fourth-order valence-corrected chi connectivity index (χ4v) is 5.98. The molecule has 2 fully saturated rings. The van der Waals surface area contributed by atoms with Gasteiger partial charge in [0.05, 0.1) is 22.4 Å². The van der Waals surface area contributed by atoms with Gasteiger partial charge in [-0.15, -0.1) is 0 Å². The van der Waals surface area contributed by atoms with Gasteiger partial charge in [-0.2, -0.15) is 0 Å². The van der Waals surface area contributed by atoms with Crippen molar-refractivity contribution in [3.05, 3.63) is 102 Å². The summed E-state index contributed by atoms with van der Waals surface area (Å²) in [5, 5.41) is 4.85. The lowest BCUT2D eigenvalue weighted by molar-refractivity contribution is 0.438. The predicted octanol–water partition coefficient (Wildman–Crippen LogP) is 7.41. The molecule has 2 aliphatic heterocycles. The number of anilines is 2. The number of piperidine rings is 1. The quantitative estimate of drug-likeness (QED) is 0.272. The van der Waals surface area contributed by atoms with Crippen LogP contribution in [0.25, 0.3) is 11.3 Å². The average molecular weight is 529 g/mol. The van der Waals surface area contributed by atoms with Crippen LogP contribution in [-0.4, -0.2) is 23.2 Å². The lowest BCUT2D eigenvalue weighted by atomic mass is 9.98. The molecule has 7 heteroatoms. The van der Waals surface area contributed by atoms with Gasteiger partial charge in [0.25, 0.3) is 0 Å². The first kappa shape index (κ1) is 24.0. The van der Waals surface area contributed by atoms with E-state index in [9.17, 15) is 0 Å². The van der Waals surface area contributed by atoms with Crippen molar-refractivity contribution in [1.29, 1.82) is 0 Å². The molecule has 0 saturated carbocycles. The third kappa shape index (κ3) is 4.72. The summed E-state index contributed by atoms with van der Waals surface area (Å²) in [5.41, 5.74) is 3.95. The second-order valence-electron chi connectivity index (χ2n) is 9.87. The number of furan rings is 1. The van der Waals surface area contributed by atoms with E-state index >= 15 is 0 Å². The van der Waals surface area contributed by atoms with Crippen LogP contribution in [0, 0.1) is 5.92 Å². The molecule has 2 aromatic carbocycles. The Morgan fingerprint density at radius 3 is 2.49 bits per heavy atom. The zero-order valence-electron chi connectivity index (χ0n) is 20.7. The second kappa shape index (κ2) is 10.2. The van der Waals surface area contributed by atoms with Crippen molar-refractivity contribution in [3.8, 4) is 11.3 Å². The van der Waals surface area contributed by atoms with Crippen molar-refractivity contribution < 1.29 is 4.42 Å². The fraction of sp³-hybridized carbons (Fsp3) is 0.267. The van der Waals surface area contributed by atoms with Gasteiger partial charge in [-0.05, 0) is 73.4 Å². The van der Waals surface area contributed by atoms with E-state index in [2.05, 4.69) is 39.2 Å². The molecule has 0 radical (unpaired) electrons. The molecule has 4 aromatic rings. The van der Waals surface area contributed by atoms with Gasteiger partial charge in [0.2, 0.25) is 0 Å². The van der Waals surface area contributed by atoms with Crippen molar-refractivity contribution >= 4 is 40.3 Å². The number of halogens is 1. The molecular formula is C30H29ClN4OS. The Morgan fingerprint density at radius 1 is 0.973 bits per heavy atom. The van der Waals surface area contributed by atoms with Crippen LogP contribution in [0.15, 0.2) is 89.5 Å². The smallest absolute Gasteiger partial charge is 0.174 e. The Hall–Kier alpha value is -3.35.